The molecule has 2 aliphatic rings. The molecule has 2 heterocycles. The van der Waals surface area contributed by atoms with Gasteiger partial charge in [0.2, 0.25) is 0 Å². The van der Waals surface area contributed by atoms with Crippen LogP contribution in [-0.2, 0) is 9.47 Å². The van der Waals surface area contributed by atoms with Crippen LogP contribution < -0.4 is 5.32 Å². The molecule has 2 rings (SSSR count). The summed E-state index contributed by atoms with van der Waals surface area (Å²) in [5.41, 5.74) is -1.03. The first-order valence-electron chi connectivity index (χ1n) is 7.42. The average Bonchev–Trinajstić information content (AvgIpc) is 2.37. The number of nitrogens with zero attached hydrogens (tertiary/aromatic N) is 1. The first kappa shape index (κ1) is 17.3. The van der Waals surface area contributed by atoms with E-state index in [1.165, 1.54) is 0 Å². The minimum Gasteiger partial charge on any atom is -0.444 e. The molecule has 0 aliphatic carbocycles. The molecule has 128 valence electrons. The van der Waals surface area contributed by atoms with Gasteiger partial charge in [-0.3, -0.25) is 0 Å². The molecule has 2 saturated heterocycles. The zero-order valence-corrected chi connectivity index (χ0v) is 13.1. The molecule has 2 aliphatic heterocycles. The van der Waals surface area contributed by atoms with E-state index < -0.39 is 23.4 Å². The number of piperidine rings is 1. The summed E-state index contributed by atoms with van der Waals surface area (Å²) < 4.78 is 48.1. The molecule has 1 spiro atoms. The minimum absolute atomic E-state index is 0.0132. The van der Waals surface area contributed by atoms with Crippen molar-refractivity contribution in [2.75, 3.05) is 26.2 Å². The number of likely N-dealkylation sites (tertiary alicyclic amines) is 1. The maximum Gasteiger partial charge on any atom is 0.415 e. The number of ether oxygens (including phenoxy) is 2. The van der Waals surface area contributed by atoms with Gasteiger partial charge in [-0.15, -0.1) is 0 Å². The first-order chi connectivity index (χ1) is 10.0. The molecule has 0 radical (unpaired) electrons. The maximum atomic E-state index is 12.6. The van der Waals surface area contributed by atoms with Gasteiger partial charge < -0.3 is 19.7 Å². The van der Waals surface area contributed by atoms with Gasteiger partial charge in [0.1, 0.15) is 5.60 Å². The van der Waals surface area contributed by atoms with Gasteiger partial charge in [-0.1, -0.05) is 0 Å². The third-order valence-corrected chi connectivity index (χ3v) is 3.96. The molecular weight excluding hydrogens is 301 g/mol. The predicted octanol–water partition coefficient (Wildman–Crippen LogP) is 2.31. The van der Waals surface area contributed by atoms with Crippen LogP contribution in [0.3, 0.4) is 0 Å². The third-order valence-electron chi connectivity index (χ3n) is 3.96. The summed E-state index contributed by atoms with van der Waals surface area (Å²) in [6.07, 6.45) is -5.37. The number of halogens is 3. The Balaban J connectivity index is 1.84. The van der Waals surface area contributed by atoms with E-state index in [9.17, 15) is 18.0 Å². The topological polar surface area (TPSA) is 50.8 Å². The smallest absolute Gasteiger partial charge is 0.415 e. The molecule has 5 nitrogen and oxygen atoms in total. The van der Waals surface area contributed by atoms with Crippen LogP contribution in [0.1, 0.15) is 33.6 Å². The van der Waals surface area contributed by atoms with Crippen molar-refractivity contribution in [1.29, 1.82) is 0 Å². The van der Waals surface area contributed by atoms with Gasteiger partial charge in [0.05, 0.1) is 6.61 Å². The van der Waals surface area contributed by atoms with Crippen LogP contribution in [0.25, 0.3) is 0 Å². The number of carbonyl (C=O) groups excluding carboxylic acids is 1. The molecule has 0 aromatic heterocycles. The molecule has 22 heavy (non-hydrogen) atoms. The molecule has 1 N–H and O–H groups in total. The molecule has 1 unspecified atom stereocenters. The maximum absolute atomic E-state index is 12.6. The highest BCUT2D eigenvalue weighted by Crippen LogP contribution is 2.31. The Bertz CT molecular complexity index is 403. The van der Waals surface area contributed by atoms with Crippen LogP contribution in [0.2, 0.25) is 0 Å². The van der Waals surface area contributed by atoms with E-state index in [0.717, 1.165) is 0 Å². The lowest BCUT2D eigenvalue weighted by atomic mass is 9.87. The highest BCUT2D eigenvalue weighted by molar-refractivity contribution is 5.68. The van der Waals surface area contributed by atoms with Gasteiger partial charge in [-0.2, -0.15) is 13.2 Å². The van der Waals surface area contributed by atoms with Crippen LogP contribution in [0, 0.1) is 0 Å². The Morgan fingerprint density at radius 3 is 2.27 bits per heavy atom. The fourth-order valence-electron chi connectivity index (χ4n) is 2.65. The van der Waals surface area contributed by atoms with Crippen molar-refractivity contribution in [1.82, 2.24) is 10.2 Å². The summed E-state index contributed by atoms with van der Waals surface area (Å²) in [6.45, 7) is 6.05. The zero-order valence-electron chi connectivity index (χ0n) is 13.1. The molecule has 0 bridgehead atoms. The van der Waals surface area contributed by atoms with Crippen LogP contribution >= 0.6 is 0 Å². The van der Waals surface area contributed by atoms with E-state index in [4.69, 9.17) is 9.47 Å². The summed E-state index contributed by atoms with van der Waals surface area (Å²) in [6, 6.07) is 0. The lowest BCUT2D eigenvalue weighted by molar-refractivity contribution is -0.237. The summed E-state index contributed by atoms with van der Waals surface area (Å²) in [5.74, 6) is 0. The van der Waals surface area contributed by atoms with Crippen molar-refractivity contribution >= 4 is 6.09 Å². The molecular formula is C14H23F3N2O3. The Hall–Kier alpha value is -1.02. The Morgan fingerprint density at radius 1 is 1.27 bits per heavy atom. The fourth-order valence-corrected chi connectivity index (χ4v) is 2.65. The number of hydrogen-bond donors (Lipinski definition) is 1. The highest BCUT2D eigenvalue weighted by Gasteiger charge is 2.48. The lowest BCUT2D eigenvalue weighted by Crippen LogP contribution is -2.64. The summed E-state index contributed by atoms with van der Waals surface area (Å²) in [5, 5.41) is 2.98. The second-order valence-corrected chi connectivity index (χ2v) is 6.97. The van der Waals surface area contributed by atoms with Crippen LogP contribution in [0.15, 0.2) is 0 Å². The highest BCUT2D eigenvalue weighted by atomic mass is 19.4. The SMILES string of the molecule is CC(C)(C)OC(=O)N1CCC2(CC1)COC(C(F)(F)F)CN2. The van der Waals surface area contributed by atoms with E-state index in [2.05, 4.69) is 5.32 Å². The Morgan fingerprint density at radius 2 is 1.86 bits per heavy atom. The van der Waals surface area contributed by atoms with Gasteiger partial charge in [-0.05, 0) is 33.6 Å². The minimum atomic E-state index is -4.34. The standard InChI is InChI=1S/C14H23F3N2O3/c1-12(2,3)22-11(20)19-6-4-13(5-7-19)9-21-10(8-18-13)14(15,16)17/h10,18H,4-9H2,1-3H3. The van der Waals surface area contributed by atoms with Gasteiger partial charge >= 0.3 is 12.3 Å². The normalized spacial score (nSPS) is 26.1. The van der Waals surface area contributed by atoms with E-state index in [0.29, 0.717) is 25.9 Å². The van der Waals surface area contributed by atoms with E-state index >= 15 is 0 Å². The number of alkyl halides is 3. The van der Waals surface area contributed by atoms with Crippen molar-refractivity contribution in [3.05, 3.63) is 0 Å². The summed E-state index contributed by atoms with van der Waals surface area (Å²) in [7, 11) is 0. The quantitative estimate of drug-likeness (QED) is 0.743. The van der Waals surface area contributed by atoms with E-state index in [1.54, 1.807) is 25.7 Å². The fraction of sp³-hybridized carbons (Fsp3) is 0.929. The number of hydrogen-bond acceptors (Lipinski definition) is 4. The molecule has 0 aromatic carbocycles. The van der Waals surface area contributed by atoms with Crippen molar-refractivity contribution in [2.24, 2.45) is 0 Å². The Kier molecular flexibility index (Phi) is 4.64. The molecule has 0 aromatic rings. The van der Waals surface area contributed by atoms with Gasteiger partial charge in [0, 0.05) is 25.2 Å². The van der Waals surface area contributed by atoms with Crippen molar-refractivity contribution < 1.29 is 27.4 Å². The van der Waals surface area contributed by atoms with Gasteiger partial charge in [0.25, 0.3) is 0 Å². The monoisotopic (exact) mass is 324 g/mol. The number of carbonyl (C=O) groups is 1. The zero-order chi connectivity index (χ0) is 16.6. The largest absolute Gasteiger partial charge is 0.444 e. The number of nitrogens with one attached hydrogen (secondary N) is 1. The number of amides is 1. The summed E-state index contributed by atoms with van der Waals surface area (Å²) in [4.78, 5) is 13.6. The van der Waals surface area contributed by atoms with Crippen molar-refractivity contribution in [3.8, 4) is 0 Å². The van der Waals surface area contributed by atoms with Crippen LogP contribution in [0.5, 0.6) is 0 Å². The average molecular weight is 324 g/mol. The second kappa shape index (κ2) is 5.88. The number of morpholine rings is 1. The molecule has 0 saturated carbocycles. The Labute approximate surface area is 128 Å². The predicted molar refractivity (Wildman–Crippen MR) is 73.6 cm³/mol. The molecule has 1 amide bonds. The second-order valence-electron chi connectivity index (χ2n) is 6.97. The lowest BCUT2D eigenvalue weighted by Gasteiger charge is -2.46. The molecule has 1 atom stereocenters. The molecule has 2 fully saturated rings. The third kappa shape index (κ3) is 4.25. The van der Waals surface area contributed by atoms with Crippen LogP contribution in [-0.4, -0.2) is 60.7 Å². The molecule has 8 heteroatoms. The van der Waals surface area contributed by atoms with Gasteiger partial charge in [-0.25, -0.2) is 4.79 Å². The van der Waals surface area contributed by atoms with E-state index in [-0.39, 0.29) is 19.2 Å². The van der Waals surface area contributed by atoms with Gasteiger partial charge in [0.15, 0.2) is 6.10 Å². The van der Waals surface area contributed by atoms with Crippen molar-refractivity contribution in [2.45, 2.75) is 57.0 Å². The van der Waals surface area contributed by atoms with Crippen LogP contribution in [0.4, 0.5) is 18.0 Å². The number of rotatable bonds is 0. The summed E-state index contributed by atoms with van der Waals surface area (Å²) >= 11 is 0. The van der Waals surface area contributed by atoms with E-state index in [1.807, 2.05) is 0 Å². The first-order valence-corrected chi connectivity index (χ1v) is 7.42. The van der Waals surface area contributed by atoms with Crippen molar-refractivity contribution in [3.63, 3.8) is 0 Å².